The van der Waals surface area contributed by atoms with E-state index in [1.165, 1.54) is 0 Å². The van der Waals surface area contributed by atoms with Crippen molar-refractivity contribution in [3.8, 4) is 0 Å². The molecule has 0 atom stereocenters. The summed E-state index contributed by atoms with van der Waals surface area (Å²) in [6.07, 6.45) is 0.839. The zero-order chi connectivity index (χ0) is 18.7. The molecule has 2 aromatic rings. The molecule has 0 saturated carbocycles. The number of benzene rings is 1. The SMILES string of the molecule is Cc1cc(C(=O)N2CCN(CCc3ccc([N+](=O)[O-])cc3)CC2)c(C)o1. The zero-order valence-corrected chi connectivity index (χ0v) is 15.1. The van der Waals surface area contributed by atoms with Crippen molar-refractivity contribution < 1.29 is 14.1 Å². The molecule has 1 aromatic carbocycles. The lowest BCUT2D eigenvalue weighted by atomic mass is 10.1. The molecular formula is C19H23N3O4. The fraction of sp³-hybridized carbons (Fsp3) is 0.421. The van der Waals surface area contributed by atoms with Crippen LogP contribution in [-0.2, 0) is 6.42 Å². The molecule has 0 unspecified atom stereocenters. The third-order valence-electron chi connectivity index (χ3n) is 4.79. The van der Waals surface area contributed by atoms with Gasteiger partial charge in [-0.15, -0.1) is 0 Å². The number of non-ortho nitro benzene ring substituents is 1. The summed E-state index contributed by atoms with van der Waals surface area (Å²) in [5, 5.41) is 10.7. The number of hydrogen-bond acceptors (Lipinski definition) is 5. The minimum Gasteiger partial charge on any atom is -0.466 e. The van der Waals surface area contributed by atoms with Crippen LogP contribution < -0.4 is 0 Å². The fourth-order valence-electron chi connectivity index (χ4n) is 3.26. The summed E-state index contributed by atoms with van der Waals surface area (Å²) in [4.78, 5) is 27.1. The predicted molar refractivity (Wildman–Crippen MR) is 97.3 cm³/mol. The normalized spacial score (nSPS) is 15.2. The average Bonchev–Trinajstić information content (AvgIpc) is 2.98. The van der Waals surface area contributed by atoms with Crippen LogP contribution in [0, 0.1) is 24.0 Å². The highest BCUT2D eigenvalue weighted by atomic mass is 16.6. The van der Waals surface area contributed by atoms with E-state index >= 15 is 0 Å². The highest BCUT2D eigenvalue weighted by Gasteiger charge is 2.24. The number of piperazine rings is 1. The quantitative estimate of drug-likeness (QED) is 0.607. The average molecular weight is 357 g/mol. The molecule has 1 aliphatic heterocycles. The van der Waals surface area contributed by atoms with Crippen LogP contribution in [0.1, 0.15) is 27.4 Å². The zero-order valence-electron chi connectivity index (χ0n) is 15.1. The Labute approximate surface area is 152 Å². The van der Waals surface area contributed by atoms with Gasteiger partial charge < -0.3 is 9.32 Å². The lowest BCUT2D eigenvalue weighted by Crippen LogP contribution is -2.49. The minimum absolute atomic E-state index is 0.0365. The minimum atomic E-state index is -0.386. The molecule has 1 aliphatic rings. The van der Waals surface area contributed by atoms with Gasteiger partial charge in [0.2, 0.25) is 0 Å². The first-order chi connectivity index (χ1) is 12.4. The second kappa shape index (κ2) is 7.70. The topological polar surface area (TPSA) is 79.8 Å². The highest BCUT2D eigenvalue weighted by molar-refractivity contribution is 5.95. The van der Waals surface area contributed by atoms with Gasteiger partial charge in [0.1, 0.15) is 11.5 Å². The van der Waals surface area contributed by atoms with Gasteiger partial charge in [-0.25, -0.2) is 0 Å². The second-order valence-corrected chi connectivity index (χ2v) is 6.63. The number of hydrogen-bond donors (Lipinski definition) is 0. The van der Waals surface area contributed by atoms with Gasteiger partial charge in [0.25, 0.3) is 11.6 Å². The van der Waals surface area contributed by atoms with E-state index in [0.29, 0.717) is 24.4 Å². The standard InChI is InChI=1S/C19H23N3O4/c1-14-13-18(15(2)26-14)19(23)21-11-9-20(10-12-21)8-7-16-3-5-17(6-4-16)22(24)25/h3-6,13H,7-12H2,1-2H3. The molecule has 7 heteroatoms. The van der Waals surface area contributed by atoms with E-state index in [4.69, 9.17) is 4.42 Å². The number of nitrogens with zero attached hydrogens (tertiary/aromatic N) is 3. The van der Waals surface area contributed by atoms with Crippen LogP contribution in [-0.4, -0.2) is 53.4 Å². The summed E-state index contributed by atoms with van der Waals surface area (Å²) in [5.41, 5.74) is 1.85. The molecule has 3 rings (SSSR count). The summed E-state index contributed by atoms with van der Waals surface area (Å²) in [6, 6.07) is 8.50. The van der Waals surface area contributed by atoms with Gasteiger partial charge in [-0.2, -0.15) is 0 Å². The van der Waals surface area contributed by atoms with Gasteiger partial charge in [0, 0.05) is 44.9 Å². The summed E-state index contributed by atoms with van der Waals surface area (Å²) >= 11 is 0. The molecule has 1 fully saturated rings. The van der Waals surface area contributed by atoms with Gasteiger partial charge >= 0.3 is 0 Å². The van der Waals surface area contributed by atoms with Crippen LogP contribution >= 0.6 is 0 Å². The number of nitro benzene ring substituents is 1. The van der Waals surface area contributed by atoms with E-state index in [9.17, 15) is 14.9 Å². The Hall–Kier alpha value is -2.67. The van der Waals surface area contributed by atoms with Crippen molar-refractivity contribution in [3.05, 3.63) is 63.1 Å². The molecule has 1 aromatic heterocycles. The predicted octanol–water partition coefficient (Wildman–Crippen LogP) is 2.81. The maximum Gasteiger partial charge on any atom is 0.269 e. The van der Waals surface area contributed by atoms with E-state index in [1.807, 2.05) is 30.9 Å². The molecule has 0 N–H and O–H groups in total. The molecule has 2 heterocycles. The Morgan fingerprint density at radius 3 is 2.35 bits per heavy atom. The Balaban J connectivity index is 1.48. The van der Waals surface area contributed by atoms with Crippen molar-refractivity contribution in [1.29, 1.82) is 0 Å². The lowest BCUT2D eigenvalue weighted by Gasteiger charge is -2.34. The van der Waals surface area contributed by atoms with Gasteiger partial charge in [-0.1, -0.05) is 12.1 Å². The summed E-state index contributed by atoms with van der Waals surface area (Å²) < 4.78 is 5.46. The molecule has 1 saturated heterocycles. The first-order valence-corrected chi connectivity index (χ1v) is 8.76. The van der Waals surface area contributed by atoms with Crippen molar-refractivity contribution in [2.45, 2.75) is 20.3 Å². The summed E-state index contributed by atoms with van der Waals surface area (Å²) in [7, 11) is 0. The molecule has 1 amide bonds. The number of nitro groups is 1. The molecular weight excluding hydrogens is 334 g/mol. The molecule has 138 valence electrons. The third-order valence-corrected chi connectivity index (χ3v) is 4.79. The second-order valence-electron chi connectivity index (χ2n) is 6.63. The number of rotatable bonds is 5. The Morgan fingerprint density at radius 1 is 1.15 bits per heavy atom. The van der Waals surface area contributed by atoms with Crippen LogP contribution in [0.3, 0.4) is 0 Å². The maximum absolute atomic E-state index is 12.6. The van der Waals surface area contributed by atoms with E-state index in [-0.39, 0.29) is 16.5 Å². The fourth-order valence-corrected chi connectivity index (χ4v) is 3.26. The molecule has 7 nitrogen and oxygen atoms in total. The molecule has 0 aliphatic carbocycles. The van der Waals surface area contributed by atoms with Crippen LogP contribution in [0.25, 0.3) is 0 Å². The molecule has 0 bridgehead atoms. The Morgan fingerprint density at radius 2 is 1.81 bits per heavy atom. The van der Waals surface area contributed by atoms with E-state index in [0.717, 1.165) is 37.4 Å². The number of furan rings is 1. The number of carbonyl (C=O) groups excluding carboxylic acids is 1. The summed E-state index contributed by atoms with van der Waals surface area (Å²) in [5.74, 6) is 1.47. The first-order valence-electron chi connectivity index (χ1n) is 8.76. The van der Waals surface area contributed by atoms with Crippen LogP contribution in [0.15, 0.2) is 34.7 Å². The van der Waals surface area contributed by atoms with Gasteiger partial charge in [-0.05, 0) is 31.9 Å². The van der Waals surface area contributed by atoms with Crippen molar-refractivity contribution in [2.75, 3.05) is 32.7 Å². The number of carbonyl (C=O) groups is 1. The van der Waals surface area contributed by atoms with Gasteiger partial charge in [0.05, 0.1) is 10.5 Å². The van der Waals surface area contributed by atoms with Gasteiger partial charge in [0.15, 0.2) is 0 Å². The Bertz CT molecular complexity index is 790. The van der Waals surface area contributed by atoms with E-state index in [1.54, 1.807) is 18.2 Å². The lowest BCUT2D eigenvalue weighted by molar-refractivity contribution is -0.384. The van der Waals surface area contributed by atoms with Crippen LogP contribution in [0.2, 0.25) is 0 Å². The first kappa shape index (κ1) is 18.1. The monoisotopic (exact) mass is 357 g/mol. The van der Waals surface area contributed by atoms with Crippen molar-refractivity contribution >= 4 is 11.6 Å². The largest absolute Gasteiger partial charge is 0.466 e. The highest BCUT2D eigenvalue weighted by Crippen LogP contribution is 2.17. The third kappa shape index (κ3) is 4.11. The number of amides is 1. The smallest absolute Gasteiger partial charge is 0.269 e. The van der Waals surface area contributed by atoms with Gasteiger partial charge in [-0.3, -0.25) is 19.8 Å². The van der Waals surface area contributed by atoms with E-state index in [2.05, 4.69) is 4.90 Å². The number of aryl methyl sites for hydroxylation is 2. The van der Waals surface area contributed by atoms with Crippen LogP contribution in [0.4, 0.5) is 5.69 Å². The van der Waals surface area contributed by atoms with Crippen molar-refractivity contribution in [2.24, 2.45) is 0 Å². The van der Waals surface area contributed by atoms with E-state index < -0.39 is 0 Å². The van der Waals surface area contributed by atoms with Crippen LogP contribution in [0.5, 0.6) is 0 Å². The maximum atomic E-state index is 12.6. The Kier molecular flexibility index (Phi) is 5.37. The molecule has 0 radical (unpaired) electrons. The summed E-state index contributed by atoms with van der Waals surface area (Å²) in [6.45, 7) is 7.60. The van der Waals surface area contributed by atoms with Crippen molar-refractivity contribution in [1.82, 2.24) is 9.80 Å². The molecule has 0 spiro atoms. The molecule has 26 heavy (non-hydrogen) atoms. The van der Waals surface area contributed by atoms with Crippen molar-refractivity contribution in [3.63, 3.8) is 0 Å².